The normalized spacial score (nSPS) is 15.2. The van der Waals surface area contributed by atoms with Crippen LogP contribution in [-0.4, -0.2) is 38.2 Å². The van der Waals surface area contributed by atoms with Gasteiger partial charge in [0.25, 0.3) is 11.5 Å². The van der Waals surface area contributed by atoms with Gasteiger partial charge in [0, 0.05) is 23.9 Å². The van der Waals surface area contributed by atoms with Crippen molar-refractivity contribution in [3.05, 3.63) is 81.3 Å². The summed E-state index contributed by atoms with van der Waals surface area (Å²) in [5.74, 6) is 0.286. The Morgan fingerprint density at radius 1 is 1.16 bits per heavy atom. The number of rotatable bonds is 5. The number of aromatic amines is 1. The fourth-order valence-corrected chi connectivity index (χ4v) is 4.39. The first-order chi connectivity index (χ1) is 15.1. The molecule has 3 aromatic rings. The van der Waals surface area contributed by atoms with Gasteiger partial charge in [-0.25, -0.2) is 8.42 Å². The first kappa shape index (κ1) is 21.8. The van der Waals surface area contributed by atoms with Crippen LogP contribution in [0, 0.1) is 13.8 Å². The van der Waals surface area contributed by atoms with Gasteiger partial charge >= 0.3 is 0 Å². The van der Waals surface area contributed by atoms with Crippen LogP contribution in [0.2, 0.25) is 0 Å². The molecule has 32 heavy (non-hydrogen) atoms. The molecule has 4 rings (SSSR count). The Morgan fingerprint density at radius 3 is 2.56 bits per heavy atom. The summed E-state index contributed by atoms with van der Waals surface area (Å²) in [5, 5.41) is 2.80. The SMILES string of the molecule is Cc1cc(C(=O)NCC2Cc3cccc(-c4ccc(S(C)(=O)=O)cc4)c3O2)c(=O)[nH]c1C. The standard InChI is InChI=1S/C24H24N2O5S/c1-14-11-21(24(28)26-15(14)2)23(27)25-13-18-12-17-5-4-6-20(22(17)31-18)16-7-9-19(10-8-16)32(3,29)30/h4-11,18H,12-13H2,1-3H3,(H,25,27)(H,26,28). The molecule has 0 aliphatic carbocycles. The number of nitrogens with one attached hydrogen (secondary N) is 2. The molecule has 0 fully saturated rings. The Hall–Kier alpha value is -3.39. The predicted octanol–water partition coefficient (Wildman–Crippen LogP) is 2.80. The molecule has 0 spiro atoms. The number of benzene rings is 2. The van der Waals surface area contributed by atoms with E-state index >= 15 is 0 Å². The van der Waals surface area contributed by atoms with Crippen LogP contribution in [0.1, 0.15) is 27.2 Å². The molecule has 0 saturated carbocycles. The molecule has 0 saturated heterocycles. The number of H-pyrrole nitrogens is 1. The number of carbonyl (C=O) groups is 1. The van der Waals surface area contributed by atoms with Gasteiger partial charge in [-0.3, -0.25) is 9.59 Å². The zero-order valence-corrected chi connectivity index (χ0v) is 18.9. The molecule has 1 unspecified atom stereocenters. The van der Waals surface area contributed by atoms with Crippen molar-refractivity contribution in [1.29, 1.82) is 0 Å². The van der Waals surface area contributed by atoms with E-state index in [9.17, 15) is 18.0 Å². The molecule has 2 heterocycles. The number of pyridine rings is 1. The number of fused-ring (bicyclic) bond motifs is 1. The van der Waals surface area contributed by atoms with Crippen LogP contribution in [0.3, 0.4) is 0 Å². The number of amides is 1. The zero-order valence-electron chi connectivity index (χ0n) is 18.1. The number of para-hydroxylation sites is 1. The van der Waals surface area contributed by atoms with Crippen molar-refractivity contribution in [2.75, 3.05) is 12.8 Å². The summed E-state index contributed by atoms with van der Waals surface area (Å²) in [6.45, 7) is 3.88. The summed E-state index contributed by atoms with van der Waals surface area (Å²) < 4.78 is 29.6. The molecule has 0 radical (unpaired) electrons. The molecule has 7 nitrogen and oxygen atoms in total. The average molecular weight is 453 g/mol. The molecule has 2 N–H and O–H groups in total. The lowest BCUT2D eigenvalue weighted by molar-refractivity contribution is 0.0932. The maximum Gasteiger partial charge on any atom is 0.261 e. The van der Waals surface area contributed by atoms with Crippen molar-refractivity contribution >= 4 is 15.7 Å². The molecule has 8 heteroatoms. The van der Waals surface area contributed by atoms with Crippen LogP contribution in [0.4, 0.5) is 0 Å². The quantitative estimate of drug-likeness (QED) is 0.619. The summed E-state index contributed by atoms with van der Waals surface area (Å²) in [6.07, 6.45) is 1.53. The van der Waals surface area contributed by atoms with Crippen LogP contribution in [0.15, 0.2) is 58.2 Å². The van der Waals surface area contributed by atoms with Gasteiger partial charge in [0.2, 0.25) is 0 Å². The highest BCUT2D eigenvalue weighted by Gasteiger charge is 2.26. The molecular formula is C24H24N2O5S. The van der Waals surface area contributed by atoms with E-state index in [0.717, 1.165) is 33.7 Å². The lowest BCUT2D eigenvalue weighted by Crippen LogP contribution is -2.37. The van der Waals surface area contributed by atoms with Crippen molar-refractivity contribution < 1.29 is 17.9 Å². The average Bonchev–Trinajstić information content (AvgIpc) is 3.17. The highest BCUT2D eigenvalue weighted by molar-refractivity contribution is 7.90. The molecule has 1 amide bonds. The second kappa shape index (κ2) is 8.27. The maximum absolute atomic E-state index is 12.5. The molecule has 0 bridgehead atoms. The molecule has 1 aliphatic rings. The monoisotopic (exact) mass is 452 g/mol. The van der Waals surface area contributed by atoms with E-state index in [2.05, 4.69) is 10.3 Å². The zero-order chi connectivity index (χ0) is 23.0. The van der Waals surface area contributed by atoms with Gasteiger partial charge in [-0.1, -0.05) is 30.3 Å². The van der Waals surface area contributed by atoms with Crippen LogP contribution in [0.5, 0.6) is 5.75 Å². The third-order valence-electron chi connectivity index (χ3n) is 5.66. The van der Waals surface area contributed by atoms with Crippen LogP contribution in [-0.2, 0) is 16.3 Å². The Labute approximate surface area is 186 Å². The molecule has 1 aliphatic heterocycles. The highest BCUT2D eigenvalue weighted by atomic mass is 32.2. The van der Waals surface area contributed by atoms with Gasteiger partial charge in [0.15, 0.2) is 9.84 Å². The summed E-state index contributed by atoms with van der Waals surface area (Å²) >= 11 is 0. The fourth-order valence-electron chi connectivity index (χ4n) is 3.76. The van der Waals surface area contributed by atoms with Gasteiger partial charge in [-0.2, -0.15) is 0 Å². The second-order valence-electron chi connectivity index (χ2n) is 8.06. The van der Waals surface area contributed by atoms with E-state index in [1.807, 2.05) is 25.1 Å². The van der Waals surface area contributed by atoms with Gasteiger partial charge in [-0.15, -0.1) is 0 Å². The lowest BCUT2D eigenvalue weighted by Gasteiger charge is -2.14. The van der Waals surface area contributed by atoms with Crippen LogP contribution >= 0.6 is 0 Å². The number of hydrogen-bond donors (Lipinski definition) is 2. The maximum atomic E-state index is 12.5. The Balaban J connectivity index is 1.49. The lowest BCUT2D eigenvalue weighted by atomic mass is 10.0. The highest BCUT2D eigenvalue weighted by Crippen LogP contribution is 2.38. The van der Waals surface area contributed by atoms with Gasteiger partial charge < -0.3 is 15.0 Å². The van der Waals surface area contributed by atoms with Crippen molar-refractivity contribution in [2.24, 2.45) is 0 Å². The minimum atomic E-state index is -3.26. The van der Waals surface area contributed by atoms with Crippen LogP contribution in [0.25, 0.3) is 11.1 Å². The number of aromatic nitrogens is 1. The van der Waals surface area contributed by atoms with E-state index in [0.29, 0.717) is 6.42 Å². The van der Waals surface area contributed by atoms with E-state index in [1.54, 1.807) is 37.3 Å². The Kier molecular flexibility index (Phi) is 5.64. The summed E-state index contributed by atoms with van der Waals surface area (Å²) in [5.41, 5.74) is 3.96. The molecule has 1 aromatic heterocycles. The molecule has 166 valence electrons. The fraction of sp³-hybridized carbons (Fsp3) is 0.250. The third kappa shape index (κ3) is 4.31. The first-order valence-corrected chi connectivity index (χ1v) is 12.1. The smallest absolute Gasteiger partial charge is 0.261 e. The summed E-state index contributed by atoms with van der Waals surface area (Å²) in [7, 11) is -3.26. The van der Waals surface area contributed by atoms with Gasteiger partial charge in [0.1, 0.15) is 17.4 Å². The van der Waals surface area contributed by atoms with E-state index in [1.165, 1.54) is 6.26 Å². The third-order valence-corrected chi connectivity index (χ3v) is 6.78. The van der Waals surface area contributed by atoms with E-state index in [4.69, 9.17) is 4.74 Å². The van der Waals surface area contributed by atoms with Gasteiger partial charge in [0.05, 0.1) is 11.4 Å². The minimum absolute atomic E-state index is 0.0790. The Bertz CT molecular complexity index is 1360. The largest absolute Gasteiger partial charge is 0.487 e. The summed E-state index contributed by atoms with van der Waals surface area (Å²) in [4.78, 5) is 27.6. The van der Waals surface area contributed by atoms with E-state index in [-0.39, 0.29) is 23.1 Å². The number of carbonyl (C=O) groups excluding carboxylic acids is 1. The number of aryl methyl sites for hydroxylation is 2. The predicted molar refractivity (Wildman–Crippen MR) is 122 cm³/mol. The van der Waals surface area contributed by atoms with Crippen molar-refractivity contribution in [3.63, 3.8) is 0 Å². The number of hydrogen-bond acceptors (Lipinski definition) is 5. The minimum Gasteiger partial charge on any atom is -0.487 e. The molecule has 1 atom stereocenters. The summed E-state index contributed by atoms with van der Waals surface area (Å²) in [6, 6.07) is 14.1. The number of sulfone groups is 1. The van der Waals surface area contributed by atoms with Crippen molar-refractivity contribution in [1.82, 2.24) is 10.3 Å². The second-order valence-corrected chi connectivity index (χ2v) is 10.1. The number of ether oxygens (including phenoxy) is 1. The van der Waals surface area contributed by atoms with Crippen molar-refractivity contribution in [3.8, 4) is 16.9 Å². The van der Waals surface area contributed by atoms with Crippen molar-refractivity contribution in [2.45, 2.75) is 31.3 Å². The Morgan fingerprint density at radius 2 is 1.88 bits per heavy atom. The first-order valence-electron chi connectivity index (χ1n) is 10.2. The molecular weight excluding hydrogens is 428 g/mol. The topological polar surface area (TPSA) is 105 Å². The van der Waals surface area contributed by atoms with Gasteiger partial charge in [-0.05, 0) is 48.7 Å². The van der Waals surface area contributed by atoms with E-state index < -0.39 is 21.3 Å². The van der Waals surface area contributed by atoms with Crippen LogP contribution < -0.4 is 15.6 Å². The molecule has 2 aromatic carbocycles.